The van der Waals surface area contributed by atoms with Gasteiger partial charge in [0.25, 0.3) is 0 Å². The summed E-state index contributed by atoms with van der Waals surface area (Å²) in [6, 6.07) is 13.6. The molecule has 5 amide bonds. The van der Waals surface area contributed by atoms with Crippen molar-refractivity contribution in [3.05, 3.63) is 97.6 Å². The van der Waals surface area contributed by atoms with Crippen molar-refractivity contribution in [1.29, 1.82) is 0 Å². The van der Waals surface area contributed by atoms with Gasteiger partial charge in [-0.2, -0.15) is 0 Å². The molecule has 1 aromatic heterocycles. The van der Waals surface area contributed by atoms with E-state index in [0.717, 1.165) is 19.3 Å². The van der Waals surface area contributed by atoms with Gasteiger partial charge < -0.3 is 15.5 Å². The van der Waals surface area contributed by atoms with E-state index in [2.05, 4.69) is 33.1 Å². The topological polar surface area (TPSA) is 164 Å². The molecule has 4 aromatic rings. The molecule has 9 rings (SSSR count). The highest BCUT2D eigenvalue weighted by Crippen LogP contribution is 2.63. The van der Waals surface area contributed by atoms with E-state index in [1.54, 1.807) is 55.4 Å². The number of carbonyl (C=O) groups is 5. The fourth-order valence-corrected chi connectivity index (χ4v) is 12.1. The number of anilines is 1. The minimum Gasteiger partial charge on any atom is -0.356 e. The first-order valence-electron chi connectivity index (χ1n) is 22.7. The highest BCUT2D eigenvalue weighted by molar-refractivity contribution is 6.31. The van der Waals surface area contributed by atoms with E-state index in [9.17, 15) is 28.8 Å². The molecule has 2 aliphatic carbocycles. The van der Waals surface area contributed by atoms with Crippen molar-refractivity contribution in [3.63, 3.8) is 0 Å². The van der Waals surface area contributed by atoms with Crippen LogP contribution in [0.25, 0.3) is 11.0 Å². The van der Waals surface area contributed by atoms with Crippen LogP contribution in [0.1, 0.15) is 112 Å². The summed E-state index contributed by atoms with van der Waals surface area (Å²) < 4.78 is 19.3. The number of aromatic nitrogens is 2. The molecule has 0 radical (unpaired) electrons. The Balaban J connectivity index is 0.834. The fraction of sp³-hybridized carbons (Fsp3) is 0.469. The van der Waals surface area contributed by atoms with Gasteiger partial charge in [-0.05, 0) is 98.9 Å². The summed E-state index contributed by atoms with van der Waals surface area (Å²) in [6.45, 7) is 0.454. The number of nitrogens with zero attached hydrogens (tertiary/aromatic N) is 3. The first-order valence-corrected chi connectivity index (χ1v) is 23.4. The second-order valence-electron chi connectivity index (χ2n) is 18.4. The summed E-state index contributed by atoms with van der Waals surface area (Å²) in [5, 5.41) is 12.6. The van der Waals surface area contributed by atoms with Crippen molar-refractivity contribution in [2.75, 3.05) is 18.9 Å². The number of imidazole rings is 1. The molecule has 3 aliphatic heterocycles. The maximum Gasteiger partial charge on any atom is 0.329 e. The zero-order valence-corrected chi connectivity index (χ0v) is 37.9. The van der Waals surface area contributed by atoms with Gasteiger partial charge in [-0.1, -0.05) is 72.5 Å². The number of rotatable bonds is 8. The number of likely N-dealkylation sites (N-methyl/N-ethyl adjacent to an activating group) is 1. The van der Waals surface area contributed by atoms with Crippen LogP contribution in [0.5, 0.6) is 0 Å². The number of aryl methyl sites for hydroxylation is 1. The number of unbranched alkanes of at least 4 members (excludes halogenated alkanes) is 1. The lowest BCUT2D eigenvalue weighted by molar-refractivity contribution is -0.137. The second kappa shape index (κ2) is 17.7. The van der Waals surface area contributed by atoms with Gasteiger partial charge in [0.1, 0.15) is 17.3 Å². The zero-order chi connectivity index (χ0) is 45.8. The molecule has 3 aromatic carbocycles. The predicted molar refractivity (Wildman–Crippen MR) is 245 cm³/mol. The monoisotopic (exact) mass is 923 g/mol. The molecule has 16 heteroatoms. The van der Waals surface area contributed by atoms with Crippen LogP contribution in [0.2, 0.25) is 10.0 Å². The third-order valence-electron chi connectivity index (χ3n) is 14.9. The predicted octanol–water partition coefficient (Wildman–Crippen LogP) is 6.38. The first-order chi connectivity index (χ1) is 31.3. The van der Waals surface area contributed by atoms with Crippen molar-refractivity contribution < 1.29 is 28.4 Å². The number of halogens is 3. The number of imide groups is 1. The Morgan fingerprint density at radius 2 is 1.71 bits per heavy atom. The maximum atomic E-state index is 16.4. The van der Waals surface area contributed by atoms with Crippen LogP contribution in [0, 0.1) is 23.6 Å². The van der Waals surface area contributed by atoms with Crippen molar-refractivity contribution in [2.45, 2.75) is 118 Å². The summed E-state index contributed by atoms with van der Waals surface area (Å²) in [4.78, 5) is 82.1. The van der Waals surface area contributed by atoms with Gasteiger partial charge in [0.2, 0.25) is 29.5 Å². The van der Waals surface area contributed by atoms with Crippen LogP contribution in [-0.4, -0.2) is 74.8 Å². The van der Waals surface area contributed by atoms with Crippen molar-refractivity contribution in [1.82, 2.24) is 30.0 Å². The van der Waals surface area contributed by atoms with Gasteiger partial charge in [-0.25, -0.2) is 9.18 Å². The van der Waals surface area contributed by atoms with E-state index in [1.807, 2.05) is 12.1 Å². The Hall–Kier alpha value is -5.49. The van der Waals surface area contributed by atoms with Crippen molar-refractivity contribution in [2.24, 2.45) is 13.0 Å². The van der Waals surface area contributed by atoms with Crippen LogP contribution >= 0.6 is 23.2 Å². The highest BCUT2D eigenvalue weighted by atomic mass is 35.5. The van der Waals surface area contributed by atoms with E-state index in [1.165, 1.54) is 15.2 Å². The molecular weight excluding hydrogens is 872 g/mol. The number of fused-ring (bicyclic) bond motifs is 4. The molecule has 0 bridgehead atoms. The van der Waals surface area contributed by atoms with Crippen LogP contribution in [0.4, 0.5) is 10.1 Å². The molecule has 4 N–H and O–H groups in total. The zero-order valence-electron chi connectivity index (χ0n) is 36.4. The lowest BCUT2D eigenvalue weighted by Gasteiger charge is -2.47. The number of benzene rings is 3. The Labute approximate surface area is 386 Å². The molecular formula is C49H52Cl2FN7O6. The Bertz CT molecular complexity index is 2750. The lowest BCUT2D eigenvalue weighted by Crippen LogP contribution is -2.60. The SMILES string of the molecule is CN(C(=O)[C@@H]1NC2(CCCCC2)[C@@]2(C(=O)Nc3cc(Cl)ccc32)[C@H]1c1cccc(Cl)c1F)C1CCC(C(=O)NCCCC#Cc2ccc3c(c2)n(C)c(=O)n3C2CCC(=O)NC2=O)CC1. The summed E-state index contributed by atoms with van der Waals surface area (Å²) >= 11 is 12.9. The third-order valence-corrected chi connectivity index (χ3v) is 15.4. The van der Waals surface area contributed by atoms with Crippen LogP contribution in [0.15, 0.2) is 59.4 Å². The number of nitrogens with one attached hydrogen (secondary N) is 4. The molecule has 4 fully saturated rings. The van der Waals surface area contributed by atoms with Crippen molar-refractivity contribution in [3.8, 4) is 11.8 Å². The molecule has 340 valence electrons. The maximum absolute atomic E-state index is 16.4. The highest BCUT2D eigenvalue weighted by Gasteiger charge is 2.72. The standard InChI is InChI=1S/C49H52Cl2FN7O6/c1-57(45(63)42-40(32-11-9-12-34(51)41(32)52)49(48(56-42)23-6-4-7-24-48)33-19-16-30(50)27-35(33)54-46(49)64)31-17-14-29(15-18-31)43(61)53-25-8-3-5-10-28-13-20-36-38(26-28)58(2)47(65)59(36)37-21-22-39(60)55-44(37)62/h9,11-13,16,19-20,26-27,29,31,37,40,42,56H,3-4,6-8,14-15,17-18,21-25H2,1-2H3,(H,53,61)(H,54,64)(H,55,60,62)/t29?,31?,37?,40-,42+,49+/m0/s1. The van der Waals surface area contributed by atoms with Gasteiger partial charge in [0.05, 0.1) is 22.1 Å². The van der Waals surface area contributed by atoms with Gasteiger partial charge in [-0.15, -0.1) is 0 Å². The number of hydrogen-bond donors (Lipinski definition) is 4. The largest absolute Gasteiger partial charge is 0.356 e. The minimum atomic E-state index is -1.31. The third kappa shape index (κ3) is 7.63. The summed E-state index contributed by atoms with van der Waals surface area (Å²) in [5.41, 5.74) is 0.937. The first kappa shape index (κ1) is 44.7. The van der Waals surface area contributed by atoms with E-state index >= 15 is 4.39 Å². The summed E-state index contributed by atoms with van der Waals surface area (Å²) in [5.74, 6) is 3.17. The molecule has 2 saturated carbocycles. The number of carbonyl (C=O) groups excluding carboxylic acids is 5. The van der Waals surface area contributed by atoms with Crippen LogP contribution < -0.4 is 27.0 Å². The van der Waals surface area contributed by atoms with Gasteiger partial charge in [0.15, 0.2) is 0 Å². The normalized spacial score (nSPS) is 25.8. The Morgan fingerprint density at radius 3 is 2.46 bits per heavy atom. The molecule has 65 heavy (non-hydrogen) atoms. The molecule has 4 heterocycles. The van der Waals surface area contributed by atoms with E-state index in [-0.39, 0.29) is 64.7 Å². The number of piperidine rings is 1. The molecule has 5 aliphatic rings. The van der Waals surface area contributed by atoms with Gasteiger partial charge in [0, 0.05) is 73.2 Å². The Kier molecular flexibility index (Phi) is 12.2. The molecule has 4 atom stereocenters. The average molecular weight is 925 g/mol. The summed E-state index contributed by atoms with van der Waals surface area (Å²) in [7, 11) is 3.42. The number of hydrogen-bond acceptors (Lipinski definition) is 7. The van der Waals surface area contributed by atoms with Crippen LogP contribution in [-0.2, 0) is 36.4 Å². The number of amides is 5. The minimum absolute atomic E-state index is 0.0292. The summed E-state index contributed by atoms with van der Waals surface area (Å²) in [6.07, 6.45) is 7.96. The van der Waals surface area contributed by atoms with E-state index < -0.39 is 40.7 Å². The molecule has 2 spiro atoms. The lowest BCUT2D eigenvalue weighted by atomic mass is 9.55. The van der Waals surface area contributed by atoms with Crippen molar-refractivity contribution >= 4 is 69.5 Å². The van der Waals surface area contributed by atoms with E-state index in [0.29, 0.717) is 90.8 Å². The van der Waals surface area contributed by atoms with Crippen LogP contribution in [0.3, 0.4) is 0 Å². The smallest absolute Gasteiger partial charge is 0.329 e. The van der Waals surface area contributed by atoms with Gasteiger partial charge in [-0.3, -0.25) is 43.7 Å². The molecule has 2 saturated heterocycles. The quantitative estimate of drug-likeness (QED) is 0.0906. The Morgan fingerprint density at radius 1 is 0.938 bits per heavy atom. The molecule has 13 nitrogen and oxygen atoms in total. The van der Waals surface area contributed by atoms with Gasteiger partial charge >= 0.3 is 5.69 Å². The fourth-order valence-electron chi connectivity index (χ4n) is 11.7. The molecule has 1 unspecified atom stereocenters. The average Bonchev–Trinajstić information content (AvgIpc) is 3.85. The second-order valence-corrected chi connectivity index (χ2v) is 19.2. The van der Waals surface area contributed by atoms with E-state index in [4.69, 9.17) is 23.2 Å².